The monoisotopic (exact) mass is 402 g/mol. The first-order chi connectivity index (χ1) is 13.5. The van der Waals surface area contributed by atoms with Crippen LogP contribution in [0.4, 0.5) is 5.69 Å². The number of anilines is 1. The van der Waals surface area contributed by atoms with E-state index in [0.717, 1.165) is 10.9 Å². The minimum absolute atomic E-state index is 0.0126. The molecule has 0 radical (unpaired) electrons. The molecule has 2 aromatic carbocycles. The molecule has 7 nitrogen and oxygen atoms in total. The van der Waals surface area contributed by atoms with Gasteiger partial charge in [0.2, 0.25) is 0 Å². The van der Waals surface area contributed by atoms with Crippen LogP contribution in [0.1, 0.15) is 0 Å². The molecule has 1 aromatic heterocycles. The molecule has 0 aliphatic carbocycles. The zero-order valence-electron chi connectivity index (χ0n) is 16.0. The van der Waals surface area contributed by atoms with E-state index >= 15 is 0 Å². The average molecular weight is 402 g/mol. The van der Waals surface area contributed by atoms with Crippen LogP contribution < -0.4 is 13.8 Å². The third kappa shape index (κ3) is 3.88. The number of ether oxygens (including phenoxy) is 3. The van der Waals surface area contributed by atoms with Crippen LogP contribution in [0.2, 0.25) is 0 Å². The number of rotatable bonds is 8. The summed E-state index contributed by atoms with van der Waals surface area (Å²) < 4.78 is 43.9. The third-order valence-corrected chi connectivity index (χ3v) is 6.15. The lowest BCUT2D eigenvalue weighted by Crippen LogP contribution is -2.34. The van der Waals surface area contributed by atoms with E-state index in [1.165, 1.54) is 31.7 Å². The number of methoxy groups -OCH3 is 3. The van der Waals surface area contributed by atoms with Crippen molar-refractivity contribution < 1.29 is 22.6 Å². The summed E-state index contributed by atoms with van der Waals surface area (Å²) in [6.07, 6.45) is 1.54. The molecule has 0 atom stereocenters. The summed E-state index contributed by atoms with van der Waals surface area (Å²) in [6, 6.07) is 14.0. The maximum atomic E-state index is 13.5. The van der Waals surface area contributed by atoms with E-state index < -0.39 is 10.0 Å². The molecule has 0 spiro atoms. The Morgan fingerprint density at radius 1 is 1.00 bits per heavy atom. The second-order valence-corrected chi connectivity index (χ2v) is 7.80. The van der Waals surface area contributed by atoms with E-state index in [9.17, 15) is 8.42 Å². The van der Waals surface area contributed by atoms with Crippen molar-refractivity contribution >= 4 is 26.6 Å². The Morgan fingerprint density at radius 3 is 2.50 bits per heavy atom. The van der Waals surface area contributed by atoms with Crippen LogP contribution in [0.3, 0.4) is 0 Å². The molecule has 0 fully saturated rings. The Bertz CT molecular complexity index is 1070. The number of para-hydroxylation sites is 1. The maximum Gasteiger partial charge on any atom is 0.268 e. The number of fused-ring (bicyclic) bond motifs is 1. The lowest BCUT2D eigenvalue weighted by Gasteiger charge is -2.25. The van der Waals surface area contributed by atoms with E-state index in [2.05, 4.69) is 4.98 Å². The number of hydrogen-bond acceptors (Lipinski definition) is 6. The van der Waals surface area contributed by atoms with Crippen molar-refractivity contribution in [1.29, 1.82) is 0 Å². The van der Waals surface area contributed by atoms with E-state index in [-0.39, 0.29) is 23.8 Å². The van der Waals surface area contributed by atoms with E-state index in [1.807, 2.05) is 24.3 Å². The number of sulfonamides is 1. The molecule has 1 heterocycles. The fourth-order valence-electron chi connectivity index (χ4n) is 2.86. The van der Waals surface area contributed by atoms with Crippen molar-refractivity contribution in [2.75, 3.05) is 38.8 Å². The maximum absolute atomic E-state index is 13.5. The predicted octanol–water partition coefficient (Wildman–Crippen LogP) is 3.09. The Morgan fingerprint density at radius 2 is 1.79 bits per heavy atom. The van der Waals surface area contributed by atoms with Crippen molar-refractivity contribution in [2.24, 2.45) is 0 Å². The van der Waals surface area contributed by atoms with Crippen LogP contribution >= 0.6 is 0 Å². The quantitative estimate of drug-likeness (QED) is 0.576. The molecule has 3 aromatic rings. The van der Waals surface area contributed by atoms with Gasteiger partial charge in [-0.1, -0.05) is 18.2 Å². The summed E-state index contributed by atoms with van der Waals surface area (Å²) in [7, 11) is 0.470. The standard InChI is InChI=1S/C20H22N2O5S/c1-25-11-10-22(16-12-15-6-4-5-7-18(15)21-14-16)28(23,24)20-13-17(26-2)8-9-19(20)27-3/h4-9,12-14H,10-11H2,1-3H3. The molecular formula is C20H22N2O5S. The van der Waals surface area contributed by atoms with Gasteiger partial charge in [-0.25, -0.2) is 8.42 Å². The summed E-state index contributed by atoms with van der Waals surface area (Å²) in [5.41, 5.74) is 1.23. The molecule has 8 heteroatoms. The molecule has 0 saturated heterocycles. The molecule has 148 valence electrons. The lowest BCUT2D eigenvalue weighted by molar-refractivity contribution is 0.208. The zero-order valence-corrected chi connectivity index (χ0v) is 16.8. The highest BCUT2D eigenvalue weighted by Gasteiger charge is 2.29. The molecule has 3 rings (SSSR count). The number of nitrogens with zero attached hydrogens (tertiary/aromatic N) is 2. The van der Waals surface area contributed by atoms with Crippen LogP contribution in [0, 0.1) is 0 Å². The van der Waals surface area contributed by atoms with Crippen LogP contribution in [0.15, 0.2) is 59.6 Å². The van der Waals surface area contributed by atoms with Gasteiger partial charge in [-0.15, -0.1) is 0 Å². The fraction of sp³-hybridized carbons (Fsp3) is 0.250. The molecule has 0 bridgehead atoms. The highest BCUT2D eigenvalue weighted by atomic mass is 32.2. The SMILES string of the molecule is COCCN(c1cnc2ccccc2c1)S(=O)(=O)c1cc(OC)ccc1OC. The predicted molar refractivity (Wildman–Crippen MR) is 108 cm³/mol. The molecule has 0 unspecified atom stereocenters. The third-order valence-electron chi connectivity index (χ3n) is 4.30. The van der Waals surface area contributed by atoms with Gasteiger partial charge in [-0.2, -0.15) is 0 Å². The topological polar surface area (TPSA) is 78.0 Å². The summed E-state index contributed by atoms with van der Waals surface area (Å²) in [5.74, 6) is 0.652. The Kier molecular flexibility index (Phi) is 6.01. The lowest BCUT2D eigenvalue weighted by atomic mass is 10.2. The van der Waals surface area contributed by atoms with Gasteiger partial charge in [0.25, 0.3) is 10.0 Å². The minimum Gasteiger partial charge on any atom is -0.497 e. The molecule has 0 aliphatic rings. The molecule has 0 saturated carbocycles. The van der Waals surface area contributed by atoms with Crippen molar-refractivity contribution in [1.82, 2.24) is 4.98 Å². The van der Waals surface area contributed by atoms with E-state index in [0.29, 0.717) is 11.4 Å². The zero-order chi connectivity index (χ0) is 20.1. The fourth-order valence-corrected chi connectivity index (χ4v) is 4.46. The van der Waals surface area contributed by atoms with Crippen LogP contribution in [0.5, 0.6) is 11.5 Å². The first-order valence-corrected chi connectivity index (χ1v) is 10.0. The summed E-state index contributed by atoms with van der Waals surface area (Å²) in [4.78, 5) is 4.40. The number of benzene rings is 2. The number of hydrogen-bond donors (Lipinski definition) is 0. The van der Waals surface area contributed by atoms with Gasteiger partial charge in [0.05, 0.1) is 44.8 Å². The molecular weight excluding hydrogens is 380 g/mol. The van der Waals surface area contributed by atoms with Crippen LogP contribution in [-0.4, -0.2) is 47.9 Å². The Balaban J connectivity index is 2.14. The Labute approximate surface area is 164 Å². The van der Waals surface area contributed by atoms with E-state index in [1.54, 1.807) is 24.4 Å². The van der Waals surface area contributed by atoms with Crippen molar-refractivity contribution in [3.8, 4) is 11.5 Å². The highest BCUT2D eigenvalue weighted by molar-refractivity contribution is 7.93. The van der Waals surface area contributed by atoms with Gasteiger partial charge in [-0.3, -0.25) is 9.29 Å². The highest BCUT2D eigenvalue weighted by Crippen LogP contribution is 2.33. The largest absolute Gasteiger partial charge is 0.497 e. The number of aromatic nitrogens is 1. The molecule has 0 aliphatic heterocycles. The molecule has 0 amide bonds. The normalized spacial score (nSPS) is 11.4. The van der Waals surface area contributed by atoms with Crippen molar-refractivity contribution in [3.05, 3.63) is 54.7 Å². The van der Waals surface area contributed by atoms with Gasteiger partial charge in [0.1, 0.15) is 16.4 Å². The summed E-state index contributed by atoms with van der Waals surface area (Å²) in [6.45, 7) is 0.345. The first-order valence-electron chi connectivity index (χ1n) is 8.59. The van der Waals surface area contributed by atoms with Crippen LogP contribution in [-0.2, 0) is 14.8 Å². The smallest absolute Gasteiger partial charge is 0.268 e. The molecule has 0 N–H and O–H groups in total. The van der Waals surface area contributed by atoms with Gasteiger partial charge in [0.15, 0.2) is 0 Å². The second kappa shape index (κ2) is 8.45. The van der Waals surface area contributed by atoms with Crippen molar-refractivity contribution in [2.45, 2.75) is 4.90 Å². The summed E-state index contributed by atoms with van der Waals surface area (Å²) >= 11 is 0. The average Bonchev–Trinajstić information content (AvgIpc) is 2.73. The van der Waals surface area contributed by atoms with Gasteiger partial charge in [0, 0.05) is 18.6 Å². The minimum atomic E-state index is -3.96. The van der Waals surface area contributed by atoms with Crippen LogP contribution in [0.25, 0.3) is 10.9 Å². The number of pyridine rings is 1. The van der Waals surface area contributed by atoms with Gasteiger partial charge >= 0.3 is 0 Å². The van der Waals surface area contributed by atoms with Gasteiger partial charge in [-0.05, 0) is 24.3 Å². The second-order valence-electron chi connectivity index (χ2n) is 5.97. The van der Waals surface area contributed by atoms with Gasteiger partial charge < -0.3 is 14.2 Å². The Hall–Kier alpha value is -2.84. The molecule has 28 heavy (non-hydrogen) atoms. The van der Waals surface area contributed by atoms with Crippen molar-refractivity contribution in [3.63, 3.8) is 0 Å². The van der Waals surface area contributed by atoms with E-state index in [4.69, 9.17) is 14.2 Å². The summed E-state index contributed by atoms with van der Waals surface area (Å²) in [5, 5.41) is 0.843. The first kappa shape index (κ1) is 19.9.